The second kappa shape index (κ2) is 15.3. The van der Waals surface area contributed by atoms with Gasteiger partial charge >= 0.3 is 0 Å². The van der Waals surface area contributed by atoms with Crippen LogP contribution in [0, 0.1) is 18.1 Å². The van der Waals surface area contributed by atoms with Gasteiger partial charge in [-0.05, 0) is 58.1 Å². The molecule has 1 radical (unpaired) electrons. The summed E-state index contributed by atoms with van der Waals surface area (Å²) in [5.41, 5.74) is 10.1. The van der Waals surface area contributed by atoms with Crippen LogP contribution in [0.5, 0.6) is 0 Å². The summed E-state index contributed by atoms with van der Waals surface area (Å²) < 4.78 is 6.20. The molecule has 0 saturated carbocycles. The number of aromatic nitrogens is 3. The van der Waals surface area contributed by atoms with Crippen LogP contribution in [0.4, 0.5) is 0 Å². The topological polar surface area (TPSA) is 51.8 Å². The number of hydrogen-bond acceptors (Lipinski definition) is 4. The van der Waals surface area contributed by atoms with Gasteiger partial charge in [0.15, 0.2) is 0 Å². The van der Waals surface area contributed by atoms with Crippen molar-refractivity contribution in [1.29, 1.82) is 0 Å². The molecule has 0 atom stereocenters. The van der Waals surface area contributed by atoms with Crippen molar-refractivity contribution in [2.24, 2.45) is 5.92 Å². The normalized spacial score (nSPS) is 11.7. The van der Waals surface area contributed by atoms with Gasteiger partial charge in [0.2, 0.25) is 5.71 Å². The van der Waals surface area contributed by atoms with Crippen molar-refractivity contribution >= 4 is 35.3 Å². The first-order chi connectivity index (χ1) is 23.4. The monoisotopic (exact) mass is 852 g/mol. The van der Waals surface area contributed by atoms with Crippen LogP contribution in [0.1, 0.15) is 45.7 Å². The fraction of sp³-hybridized carbons (Fsp3) is 0.250. The van der Waals surface area contributed by atoms with Crippen molar-refractivity contribution in [2.45, 2.75) is 66.1 Å². The average molecular weight is 852 g/mol. The van der Waals surface area contributed by atoms with Crippen molar-refractivity contribution in [3.05, 3.63) is 133 Å². The number of fused-ring (bicyclic) bond motifs is 3. The van der Waals surface area contributed by atoms with Crippen LogP contribution in [0.15, 0.2) is 114 Å². The van der Waals surface area contributed by atoms with Gasteiger partial charge in [-0.1, -0.05) is 113 Å². The minimum Gasteiger partial charge on any atom is -0.486 e. The van der Waals surface area contributed by atoms with Crippen molar-refractivity contribution < 1.29 is 24.5 Å². The molecule has 0 saturated heterocycles. The molecule has 7 aromatic rings. The molecule has 3 aromatic carbocycles. The van der Waals surface area contributed by atoms with E-state index < -0.39 is 8.07 Å². The smallest absolute Gasteiger partial charge is 0.216 e. The van der Waals surface area contributed by atoms with E-state index in [2.05, 4.69) is 131 Å². The number of furan rings is 1. The SMILES string of the molecule is CC(C)(C)c1ccc(-c2ccc3c(n2)oc2c(-c4ccccn4)[c-]ccc23)cc1.CC(C)Cc1cc(-c2[c-]cccc2)ncc1[Si](C)(C)C.[Ir]. The molecule has 4 nitrogen and oxygen atoms in total. The molecule has 6 heteroatoms. The molecule has 0 bridgehead atoms. The molecule has 257 valence electrons. The summed E-state index contributed by atoms with van der Waals surface area (Å²) in [6, 6.07) is 39.4. The van der Waals surface area contributed by atoms with E-state index in [9.17, 15) is 0 Å². The van der Waals surface area contributed by atoms with Crippen LogP contribution in [0.3, 0.4) is 0 Å². The average Bonchev–Trinajstić information content (AvgIpc) is 3.46. The summed E-state index contributed by atoms with van der Waals surface area (Å²) in [6.07, 6.45) is 5.02. The molecule has 0 aliphatic rings. The molecule has 4 aromatic heterocycles. The molecule has 0 amide bonds. The molecule has 7 rings (SSSR count). The Balaban J connectivity index is 0.000000204. The molecule has 0 N–H and O–H groups in total. The number of nitrogens with zero attached hydrogens (tertiary/aromatic N) is 3. The molecule has 0 unspecified atom stereocenters. The molecule has 0 spiro atoms. The minimum absolute atomic E-state index is 0. The van der Waals surface area contributed by atoms with Crippen LogP contribution in [-0.2, 0) is 31.9 Å². The molecular weight excluding hydrogens is 807 g/mol. The van der Waals surface area contributed by atoms with Crippen LogP contribution < -0.4 is 5.19 Å². The fourth-order valence-electron chi connectivity index (χ4n) is 6.11. The molecule has 0 aliphatic heterocycles. The Kier molecular flexibility index (Phi) is 11.4. The Hall–Kier alpha value is -4.22. The standard InChI is InChI=1S/C26H21N2O.C18H24NSi.Ir/c1-26(2,3)18-12-10-17(11-13-18)22-15-14-20-19-7-6-8-21(23-9-4-5-16-27-23)24(19)29-25(20)28-22;1-14(2)11-16-12-17(15-9-7-6-8-10-15)19-13-18(16)20(3,4)5;/h4-7,9-16H,1-3H3;6-9,12-14H,11H2,1-5H3;/q2*-1;. The van der Waals surface area contributed by atoms with Gasteiger partial charge in [-0.2, -0.15) is 0 Å². The van der Waals surface area contributed by atoms with Gasteiger partial charge in [0.25, 0.3) is 0 Å². The Morgan fingerprint density at radius 2 is 1.52 bits per heavy atom. The second-order valence-electron chi connectivity index (χ2n) is 15.1. The number of rotatable bonds is 6. The van der Waals surface area contributed by atoms with Gasteiger partial charge in [0.05, 0.1) is 19.4 Å². The maximum Gasteiger partial charge on any atom is 0.216 e. The third-order valence-electron chi connectivity index (χ3n) is 8.68. The number of hydrogen-bond donors (Lipinski definition) is 0. The van der Waals surface area contributed by atoms with Gasteiger partial charge in [0.1, 0.15) is 0 Å². The van der Waals surface area contributed by atoms with Gasteiger partial charge < -0.3 is 14.4 Å². The quantitative estimate of drug-likeness (QED) is 0.124. The molecule has 0 fully saturated rings. The van der Waals surface area contributed by atoms with Crippen molar-refractivity contribution in [1.82, 2.24) is 15.0 Å². The number of benzene rings is 3. The summed E-state index contributed by atoms with van der Waals surface area (Å²) in [7, 11) is -1.34. The molecule has 50 heavy (non-hydrogen) atoms. The summed E-state index contributed by atoms with van der Waals surface area (Å²) in [4.78, 5) is 13.9. The minimum atomic E-state index is -1.34. The second-order valence-corrected chi connectivity index (χ2v) is 20.2. The van der Waals surface area contributed by atoms with Crippen molar-refractivity contribution in [2.75, 3.05) is 0 Å². The number of pyridine rings is 3. The van der Waals surface area contributed by atoms with Crippen molar-refractivity contribution in [3.8, 4) is 33.8 Å². The Morgan fingerprint density at radius 1 is 0.760 bits per heavy atom. The van der Waals surface area contributed by atoms with Gasteiger partial charge in [-0.25, -0.2) is 4.98 Å². The Morgan fingerprint density at radius 3 is 2.16 bits per heavy atom. The van der Waals surface area contributed by atoms with E-state index in [1.165, 1.54) is 16.3 Å². The van der Waals surface area contributed by atoms with E-state index in [4.69, 9.17) is 9.40 Å². The van der Waals surface area contributed by atoms with Gasteiger partial charge in [-0.3, -0.25) is 0 Å². The predicted octanol–water partition coefficient (Wildman–Crippen LogP) is 11.1. The zero-order chi connectivity index (χ0) is 34.8. The Bertz CT molecular complexity index is 2180. The van der Waals surface area contributed by atoms with E-state index in [0.29, 0.717) is 11.6 Å². The first kappa shape index (κ1) is 37.0. The van der Waals surface area contributed by atoms with E-state index in [1.54, 1.807) is 6.20 Å². The van der Waals surface area contributed by atoms with E-state index in [1.807, 2.05) is 48.5 Å². The largest absolute Gasteiger partial charge is 0.486 e. The van der Waals surface area contributed by atoms with Crippen LogP contribution in [-0.4, -0.2) is 23.0 Å². The van der Waals surface area contributed by atoms with Gasteiger partial charge in [0, 0.05) is 43.4 Å². The maximum absolute atomic E-state index is 6.20. The summed E-state index contributed by atoms with van der Waals surface area (Å²) >= 11 is 0. The first-order valence-corrected chi connectivity index (χ1v) is 20.6. The van der Waals surface area contributed by atoms with Crippen LogP contribution in [0.25, 0.3) is 55.8 Å². The molecular formula is C44H45IrN3OSi-2. The third kappa shape index (κ3) is 8.38. The Labute approximate surface area is 311 Å². The summed E-state index contributed by atoms with van der Waals surface area (Å²) in [5.74, 6) is 0.667. The van der Waals surface area contributed by atoms with Gasteiger partial charge in [-0.15, -0.1) is 54.1 Å². The van der Waals surface area contributed by atoms with Crippen LogP contribution >= 0.6 is 0 Å². The van der Waals surface area contributed by atoms with Crippen molar-refractivity contribution in [3.63, 3.8) is 0 Å². The predicted molar refractivity (Wildman–Crippen MR) is 208 cm³/mol. The van der Waals surface area contributed by atoms with E-state index in [-0.39, 0.29) is 25.5 Å². The first-order valence-electron chi connectivity index (χ1n) is 17.1. The third-order valence-corrected chi connectivity index (χ3v) is 10.7. The van der Waals surface area contributed by atoms with E-state index in [0.717, 1.165) is 56.5 Å². The summed E-state index contributed by atoms with van der Waals surface area (Å²) in [6.45, 7) is 18.4. The van der Waals surface area contributed by atoms with E-state index >= 15 is 0 Å². The van der Waals surface area contributed by atoms with Crippen LogP contribution in [0.2, 0.25) is 19.6 Å². The zero-order valence-corrected chi connectivity index (χ0v) is 33.7. The fourth-order valence-corrected chi connectivity index (χ4v) is 7.70. The summed E-state index contributed by atoms with van der Waals surface area (Å²) in [5, 5.41) is 3.52. The maximum atomic E-state index is 6.20. The molecule has 4 heterocycles. The molecule has 0 aliphatic carbocycles. The zero-order valence-electron chi connectivity index (χ0n) is 30.3.